The molecule has 0 radical (unpaired) electrons. The molecule has 0 saturated carbocycles. The molecule has 100 valence electrons. The lowest BCUT2D eigenvalue weighted by molar-refractivity contribution is 0.0914. The summed E-state index contributed by atoms with van der Waals surface area (Å²) >= 11 is 0. The lowest BCUT2D eigenvalue weighted by Crippen LogP contribution is -2.31. The van der Waals surface area contributed by atoms with E-state index in [0.29, 0.717) is 17.7 Å². The molecule has 1 unspecified atom stereocenters. The van der Waals surface area contributed by atoms with Gasteiger partial charge in [-0.1, -0.05) is 37.3 Å². The van der Waals surface area contributed by atoms with Crippen molar-refractivity contribution in [1.29, 1.82) is 0 Å². The molecule has 2 N–H and O–H groups in total. The molecule has 4 nitrogen and oxygen atoms in total. The van der Waals surface area contributed by atoms with E-state index in [1.165, 1.54) is 6.26 Å². The number of carbonyl (C=O) groups is 1. The number of benzene rings is 1. The van der Waals surface area contributed by atoms with Crippen LogP contribution in [-0.4, -0.2) is 17.6 Å². The predicted octanol–water partition coefficient (Wildman–Crippen LogP) is 2.31. The number of aliphatic hydroxyl groups is 1. The van der Waals surface area contributed by atoms with Crippen LogP contribution in [0, 0.1) is 0 Å². The molecule has 2 aromatic rings. The Morgan fingerprint density at radius 2 is 2.05 bits per heavy atom. The Morgan fingerprint density at radius 3 is 2.68 bits per heavy atom. The highest BCUT2D eigenvalue weighted by molar-refractivity contribution is 5.95. The van der Waals surface area contributed by atoms with Crippen LogP contribution >= 0.6 is 0 Å². The number of hydrogen-bond donors (Lipinski definition) is 2. The van der Waals surface area contributed by atoms with Crippen LogP contribution in [0.5, 0.6) is 0 Å². The summed E-state index contributed by atoms with van der Waals surface area (Å²) in [7, 11) is 0. The van der Waals surface area contributed by atoms with Gasteiger partial charge >= 0.3 is 0 Å². The second-order valence-electron chi connectivity index (χ2n) is 4.23. The van der Waals surface area contributed by atoms with Gasteiger partial charge in [-0.25, -0.2) is 0 Å². The minimum absolute atomic E-state index is 0.144. The zero-order valence-corrected chi connectivity index (χ0v) is 10.8. The SMILES string of the molecule is CCc1occc1C(=O)NC(CO)c1ccccc1. The van der Waals surface area contributed by atoms with Crippen molar-refractivity contribution in [3.05, 3.63) is 59.5 Å². The standard InChI is InChI=1S/C15H17NO3/c1-2-14-12(8-9-19-14)15(18)16-13(10-17)11-6-4-3-5-7-11/h3-9,13,17H,2,10H2,1H3,(H,16,18). The summed E-state index contributed by atoms with van der Waals surface area (Å²) in [6, 6.07) is 10.6. The Hall–Kier alpha value is -2.07. The van der Waals surface area contributed by atoms with Crippen LogP contribution in [-0.2, 0) is 6.42 Å². The van der Waals surface area contributed by atoms with Crippen molar-refractivity contribution in [2.24, 2.45) is 0 Å². The van der Waals surface area contributed by atoms with E-state index in [-0.39, 0.29) is 12.5 Å². The summed E-state index contributed by atoms with van der Waals surface area (Å²) in [5, 5.41) is 12.2. The van der Waals surface area contributed by atoms with Crippen molar-refractivity contribution in [3.8, 4) is 0 Å². The largest absolute Gasteiger partial charge is 0.469 e. The second-order valence-corrected chi connectivity index (χ2v) is 4.23. The fraction of sp³-hybridized carbons (Fsp3) is 0.267. The molecule has 19 heavy (non-hydrogen) atoms. The molecule has 4 heteroatoms. The molecule has 1 atom stereocenters. The molecule has 0 spiro atoms. The van der Waals surface area contributed by atoms with Crippen LogP contribution in [0.25, 0.3) is 0 Å². The molecular formula is C15H17NO3. The third-order valence-electron chi connectivity index (χ3n) is 3.00. The second kappa shape index (κ2) is 6.20. The minimum atomic E-state index is -0.409. The van der Waals surface area contributed by atoms with Crippen LogP contribution in [0.3, 0.4) is 0 Å². The van der Waals surface area contributed by atoms with Crippen molar-refractivity contribution in [2.45, 2.75) is 19.4 Å². The number of aryl methyl sites for hydroxylation is 1. The number of hydrogen-bond acceptors (Lipinski definition) is 3. The van der Waals surface area contributed by atoms with E-state index in [2.05, 4.69) is 5.32 Å². The topological polar surface area (TPSA) is 62.5 Å². The van der Waals surface area contributed by atoms with Gasteiger partial charge in [0.2, 0.25) is 0 Å². The highest BCUT2D eigenvalue weighted by atomic mass is 16.3. The summed E-state index contributed by atoms with van der Waals surface area (Å²) in [6.07, 6.45) is 2.16. The van der Waals surface area contributed by atoms with E-state index in [0.717, 1.165) is 5.56 Å². The van der Waals surface area contributed by atoms with E-state index in [1.807, 2.05) is 37.3 Å². The van der Waals surface area contributed by atoms with Crippen molar-refractivity contribution in [3.63, 3.8) is 0 Å². The number of carbonyl (C=O) groups excluding carboxylic acids is 1. The van der Waals surface area contributed by atoms with Gasteiger partial charge in [0.1, 0.15) is 5.76 Å². The van der Waals surface area contributed by atoms with E-state index in [9.17, 15) is 9.90 Å². The summed E-state index contributed by atoms with van der Waals surface area (Å²) in [5.41, 5.74) is 1.40. The van der Waals surface area contributed by atoms with Crippen molar-refractivity contribution >= 4 is 5.91 Å². The number of nitrogens with one attached hydrogen (secondary N) is 1. The third kappa shape index (κ3) is 3.03. The highest BCUT2D eigenvalue weighted by Gasteiger charge is 2.18. The summed E-state index contributed by atoms with van der Waals surface area (Å²) < 4.78 is 5.23. The number of rotatable bonds is 5. The Kier molecular flexibility index (Phi) is 4.36. The van der Waals surface area contributed by atoms with Crippen LogP contribution in [0.1, 0.15) is 34.6 Å². The monoisotopic (exact) mass is 259 g/mol. The Balaban J connectivity index is 2.13. The van der Waals surface area contributed by atoms with E-state index >= 15 is 0 Å². The number of furan rings is 1. The fourth-order valence-electron chi connectivity index (χ4n) is 1.97. The van der Waals surface area contributed by atoms with Gasteiger partial charge in [-0.05, 0) is 11.6 Å². The zero-order valence-electron chi connectivity index (χ0n) is 10.8. The minimum Gasteiger partial charge on any atom is -0.469 e. The van der Waals surface area contributed by atoms with Crippen LogP contribution in [0.4, 0.5) is 0 Å². The molecule has 1 amide bonds. The van der Waals surface area contributed by atoms with Crippen molar-refractivity contribution in [2.75, 3.05) is 6.61 Å². The quantitative estimate of drug-likeness (QED) is 0.866. The number of aliphatic hydroxyl groups excluding tert-OH is 1. The average Bonchev–Trinajstić information content (AvgIpc) is 2.94. The van der Waals surface area contributed by atoms with Gasteiger partial charge in [0, 0.05) is 6.42 Å². The maximum atomic E-state index is 12.1. The van der Waals surface area contributed by atoms with Crippen molar-refractivity contribution < 1.29 is 14.3 Å². The highest BCUT2D eigenvalue weighted by Crippen LogP contribution is 2.15. The molecule has 1 heterocycles. The smallest absolute Gasteiger partial charge is 0.255 e. The van der Waals surface area contributed by atoms with Crippen LogP contribution in [0.15, 0.2) is 47.1 Å². The van der Waals surface area contributed by atoms with E-state index in [1.54, 1.807) is 6.07 Å². The maximum Gasteiger partial charge on any atom is 0.255 e. The zero-order chi connectivity index (χ0) is 13.7. The van der Waals surface area contributed by atoms with Crippen LogP contribution < -0.4 is 5.32 Å². The Bertz CT molecular complexity index is 533. The fourth-order valence-corrected chi connectivity index (χ4v) is 1.97. The van der Waals surface area contributed by atoms with E-state index < -0.39 is 6.04 Å². The predicted molar refractivity (Wildman–Crippen MR) is 71.8 cm³/mol. The first kappa shape index (κ1) is 13.4. The number of amides is 1. The maximum absolute atomic E-state index is 12.1. The summed E-state index contributed by atoms with van der Waals surface area (Å²) in [6.45, 7) is 1.78. The van der Waals surface area contributed by atoms with Gasteiger partial charge in [0.25, 0.3) is 5.91 Å². The van der Waals surface area contributed by atoms with Gasteiger partial charge in [-0.3, -0.25) is 4.79 Å². The van der Waals surface area contributed by atoms with E-state index in [4.69, 9.17) is 4.42 Å². The Morgan fingerprint density at radius 1 is 1.32 bits per heavy atom. The molecule has 0 aliphatic carbocycles. The summed E-state index contributed by atoms with van der Waals surface area (Å²) in [4.78, 5) is 12.1. The normalized spacial score (nSPS) is 12.1. The lowest BCUT2D eigenvalue weighted by atomic mass is 10.1. The molecule has 0 aliphatic heterocycles. The van der Waals surface area contributed by atoms with Gasteiger partial charge in [-0.2, -0.15) is 0 Å². The molecule has 2 rings (SSSR count). The average molecular weight is 259 g/mol. The molecule has 1 aromatic heterocycles. The first-order valence-corrected chi connectivity index (χ1v) is 6.29. The van der Waals surface area contributed by atoms with Gasteiger partial charge in [0.05, 0.1) is 24.5 Å². The first-order chi connectivity index (χ1) is 9.26. The van der Waals surface area contributed by atoms with Crippen LogP contribution in [0.2, 0.25) is 0 Å². The van der Waals surface area contributed by atoms with Gasteiger partial charge in [-0.15, -0.1) is 0 Å². The Labute approximate surface area is 112 Å². The third-order valence-corrected chi connectivity index (χ3v) is 3.00. The molecule has 0 bridgehead atoms. The van der Waals surface area contributed by atoms with Crippen molar-refractivity contribution in [1.82, 2.24) is 5.32 Å². The van der Waals surface area contributed by atoms with Gasteiger partial charge < -0.3 is 14.8 Å². The molecular weight excluding hydrogens is 242 g/mol. The molecule has 1 aromatic carbocycles. The lowest BCUT2D eigenvalue weighted by Gasteiger charge is -2.16. The molecule has 0 fully saturated rings. The molecule has 0 saturated heterocycles. The first-order valence-electron chi connectivity index (χ1n) is 6.29. The van der Waals surface area contributed by atoms with Gasteiger partial charge in [0.15, 0.2) is 0 Å². The summed E-state index contributed by atoms with van der Waals surface area (Å²) in [5.74, 6) is 0.427. The molecule has 0 aliphatic rings.